The molecule has 0 aromatic heterocycles. The first-order chi connectivity index (χ1) is 10.1. The minimum atomic E-state index is -0.929. The summed E-state index contributed by atoms with van der Waals surface area (Å²) in [5.41, 5.74) is 5.61. The minimum Gasteiger partial charge on any atom is -0.468 e. The second-order valence-electron chi connectivity index (χ2n) is 5.17. The number of hydrogen-bond donors (Lipinski definition) is 2. The van der Waals surface area contributed by atoms with Gasteiger partial charge in [-0.3, -0.25) is 4.79 Å². The molecule has 0 aliphatic rings. The van der Waals surface area contributed by atoms with Crippen LogP contribution in [0.2, 0.25) is 0 Å². The summed E-state index contributed by atoms with van der Waals surface area (Å²) in [5, 5.41) is 8.77. The molecule has 0 bridgehead atoms. The lowest BCUT2D eigenvalue weighted by molar-refractivity contribution is -0.147. The van der Waals surface area contributed by atoms with Crippen LogP contribution in [0.25, 0.3) is 0 Å². The van der Waals surface area contributed by atoms with E-state index in [-0.39, 0.29) is 19.0 Å². The molecule has 3 N–H and O–H groups in total. The number of unbranched alkanes of at least 4 members (excludes halogenated alkanes) is 3. The van der Waals surface area contributed by atoms with E-state index >= 15 is 0 Å². The Bertz CT molecular complexity index is 436. The van der Waals surface area contributed by atoms with E-state index in [0.29, 0.717) is 12.0 Å². The Morgan fingerprint density at radius 2 is 1.86 bits per heavy atom. The fourth-order valence-corrected chi connectivity index (χ4v) is 2.52. The monoisotopic (exact) mass is 297 g/mol. The molecule has 1 aromatic carbocycles. The molecule has 1 atom stereocenters. The lowest BCUT2D eigenvalue weighted by atomic mass is 9.76. The van der Waals surface area contributed by atoms with Crippen molar-refractivity contribution < 1.29 is 19.0 Å². The summed E-state index contributed by atoms with van der Waals surface area (Å²) in [7, 11) is 1.34. The molecular weight excluding hydrogens is 273 g/mol. The zero-order valence-electron chi connectivity index (χ0n) is 12.5. The van der Waals surface area contributed by atoms with Gasteiger partial charge in [0.1, 0.15) is 11.2 Å². The Hall–Kier alpha value is -1.46. The average molecular weight is 297 g/mol. The van der Waals surface area contributed by atoms with E-state index in [2.05, 4.69) is 0 Å². The number of benzene rings is 1. The molecule has 0 saturated heterocycles. The third-order valence-corrected chi connectivity index (χ3v) is 3.83. The molecule has 0 spiro atoms. The van der Waals surface area contributed by atoms with Crippen molar-refractivity contribution in [3.63, 3.8) is 0 Å². The Balaban J connectivity index is 2.88. The molecule has 1 rings (SSSR count). The first-order valence-electron chi connectivity index (χ1n) is 7.26. The van der Waals surface area contributed by atoms with E-state index in [1.54, 1.807) is 12.1 Å². The molecule has 0 amide bonds. The van der Waals surface area contributed by atoms with Crippen molar-refractivity contribution in [2.75, 3.05) is 20.3 Å². The van der Waals surface area contributed by atoms with Crippen LogP contribution in [0, 0.1) is 5.82 Å². The first-order valence-corrected chi connectivity index (χ1v) is 7.26. The smallest absolute Gasteiger partial charge is 0.317 e. The number of ether oxygens (including phenoxy) is 1. The van der Waals surface area contributed by atoms with Gasteiger partial charge in [0, 0.05) is 13.2 Å². The summed E-state index contributed by atoms with van der Waals surface area (Å²) < 4.78 is 18.0. The Morgan fingerprint density at radius 3 is 2.38 bits per heavy atom. The largest absolute Gasteiger partial charge is 0.468 e. The third kappa shape index (κ3) is 4.51. The number of halogens is 1. The number of carbonyl (C=O) groups is 1. The van der Waals surface area contributed by atoms with Crippen LogP contribution >= 0.6 is 0 Å². The van der Waals surface area contributed by atoms with Crippen LogP contribution < -0.4 is 5.73 Å². The Kier molecular flexibility index (Phi) is 7.32. The lowest BCUT2D eigenvalue weighted by Gasteiger charge is -2.30. The molecule has 0 fully saturated rings. The van der Waals surface area contributed by atoms with Gasteiger partial charge < -0.3 is 15.6 Å². The van der Waals surface area contributed by atoms with E-state index in [1.165, 1.54) is 19.2 Å². The van der Waals surface area contributed by atoms with Crippen molar-refractivity contribution >= 4 is 5.97 Å². The molecule has 1 unspecified atom stereocenters. The van der Waals surface area contributed by atoms with Gasteiger partial charge in [-0.2, -0.15) is 0 Å². The van der Waals surface area contributed by atoms with Crippen LogP contribution in [-0.4, -0.2) is 31.3 Å². The number of carbonyl (C=O) groups excluding carboxylic acids is 1. The van der Waals surface area contributed by atoms with E-state index in [9.17, 15) is 9.18 Å². The zero-order valence-corrected chi connectivity index (χ0v) is 12.5. The SMILES string of the molecule is COC(=O)C(CN)(CCCCCCO)c1ccc(F)cc1. The van der Waals surface area contributed by atoms with E-state index < -0.39 is 11.4 Å². The van der Waals surface area contributed by atoms with Gasteiger partial charge in [-0.1, -0.05) is 31.4 Å². The van der Waals surface area contributed by atoms with Crippen LogP contribution in [0.5, 0.6) is 0 Å². The van der Waals surface area contributed by atoms with Gasteiger partial charge in [-0.05, 0) is 30.5 Å². The van der Waals surface area contributed by atoms with E-state index in [0.717, 1.165) is 25.7 Å². The van der Waals surface area contributed by atoms with Gasteiger partial charge in [-0.15, -0.1) is 0 Å². The summed E-state index contributed by atoms with van der Waals surface area (Å²) in [6.07, 6.45) is 3.91. The van der Waals surface area contributed by atoms with Gasteiger partial charge >= 0.3 is 5.97 Å². The highest BCUT2D eigenvalue weighted by atomic mass is 19.1. The second kappa shape index (κ2) is 8.74. The molecule has 21 heavy (non-hydrogen) atoms. The molecule has 4 nitrogen and oxygen atoms in total. The molecule has 5 heteroatoms. The number of esters is 1. The molecule has 118 valence electrons. The summed E-state index contributed by atoms with van der Waals surface area (Å²) in [4.78, 5) is 12.2. The van der Waals surface area contributed by atoms with Gasteiger partial charge in [0.15, 0.2) is 0 Å². The van der Waals surface area contributed by atoms with E-state index in [1.807, 2.05) is 0 Å². The number of nitrogens with two attached hydrogens (primary N) is 1. The van der Waals surface area contributed by atoms with Gasteiger partial charge in [0.25, 0.3) is 0 Å². The van der Waals surface area contributed by atoms with Crippen molar-refractivity contribution in [3.05, 3.63) is 35.6 Å². The number of rotatable bonds is 9. The third-order valence-electron chi connectivity index (χ3n) is 3.83. The van der Waals surface area contributed by atoms with Gasteiger partial charge in [-0.25, -0.2) is 4.39 Å². The number of methoxy groups -OCH3 is 1. The number of aliphatic hydroxyl groups excluding tert-OH is 1. The van der Waals surface area contributed by atoms with Crippen molar-refractivity contribution in [3.8, 4) is 0 Å². The molecule has 0 saturated carbocycles. The standard InChI is InChI=1S/C16H24FNO3/c1-21-15(20)16(12-18,10-4-2-3-5-11-19)13-6-8-14(17)9-7-13/h6-9,19H,2-5,10-12,18H2,1H3. The van der Waals surface area contributed by atoms with Gasteiger partial charge in [0.05, 0.1) is 7.11 Å². The topological polar surface area (TPSA) is 72.5 Å². The maximum atomic E-state index is 13.1. The summed E-state index contributed by atoms with van der Waals surface area (Å²) >= 11 is 0. The van der Waals surface area contributed by atoms with Crippen molar-refractivity contribution in [2.24, 2.45) is 5.73 Å². The summed E-state index contributed by atoms with van der Waals surface area (Å²) in [6, 6.07) is 5.84. The Labute approximate surface area is 125 Å². The van der Waals surface area contributed by atoms with Gasteiger partial charge in [0.2, 0.25) is 0 Å². The predicted octanol–water partition coefficient (Wildman–Crippen LogP) is 2.14. The van der Waals surface area contributed by atoms with E-state index in [4.69, 9.17) is 15.6 Å². The fraction of sp³-hybridized carbons (Fsp3) is 0.562. The van der Waals surface area contributed by atoms with Crippen molar-refractivity contribution in [2.45, 2.75) is 37.5 Å². The predicted molar refractivity (Wildman–Crippen MR) is 79.3 cm³/mol. The van der Waals surface area contributed by atoms with Crippen LogP contribution in [0.3, 0.4) is 0 Å². The minimum absolute atomic E-state index is 0.116. The number of aliphatic hydroxyl groups is 1. The highest BCUT2D eigenvalue weighted by molar-refractivity contribution is 5.83. The van der Waals surface area contributed by atoms with Crippen LogP contribution in [0.1, 0.15) is 37.7 Å². The fourth-order valence-electron chi connectivity index (χ4n) is 2.52. The Morgan fingerprint density at radius 1 is 1.24 bits per heavy atom. The van der Waals surface area contributed by atoms with Crippen LogP contribution in [0.15, 0.2) is 24.3 Å². The quantitative estimate of drug-likeness (QED) is 0.541. The molecule has 0 heterocycles. The summed E-state index contributed by atoms with van der Waals surface area (Å²) in [6.45, 7) is 0.294. The molecule has 0 radical (unpaired) electrons. The normalized spacial score (nSPS) is 13.7. The molecule has 0 aliphatic heterocycles. The zero-order chi connectivity index (χ0) is 15.7. The maximum Gasteiger partial charge on any atom is 0.317 e. The molecular formula is C16H24FNO3. The second-order valence-corrected chi connectivity index (χ2v) is 5.17. The first kappa shape index (κ1) is 17.6. The average Bonchev–Trinajstić information content (AvgIpc) is 2.51. The highest BCUT2D eigenvalue weighted by Crippen LogP contribution is 2.31. The summed E-state index contributed by atoms with van der Waals surface area (Å²) in [5.74, 6) is -0.740. The van der Waals surface area contributed by atoms with Crippen LogP contribution in [0.4, 0.5) is 4.39 Å². The van der Waals surface area contributed by atoms with Crippen molar-refractivity contribution in [1.82, 2.24) is 0 Å². The van der Waals surface area contributed by atoms with Crippen LogP contribution in [-0.2, 0) is 14.9 Å². The molecule has 1 aromatic rings. The maximum absolute atomic E-state index is 13.1. The highest BCUT2D eigenvalue weighted by Gasteiger charge is 2.39. The number of hydrogen-bond acceptors (Lipinski definition) is 4. The lowest BCUT2D eigenvalue weighted by Crippen LogP contribution is -2.44. The van der Waals surface area contributed by atoms with Crippen molar-refractivity contribution in [1.29, 1.82) is 0 Å². The molecule has 0 aliphatic carbocycles.